The number of rotatable bonds is 7. The summed E-state index contributed by atoms with van der Waals surface area (Å²) in [6.45, 7) is 3.27. The maximum absolute atomic E-state index is 4.03. The van der Waals surface area contributed by atoms with Crippen LogP contribution in [0.15, 0.2) is 24.5 Å². The van der Waals surface area contributed by atoms with E-state index in [0.717, 1.165) is 19.1 Å². The summed E-state index contributed by atoms with van der Waals surface area (Å²) in [6.07, 6.45) is 12.0. The fraction of sp³-hybridized carbons (Fsp3) is 0.688. The summed E-state index contributed by atoms with van der Waals surface area (Å²) in [5, 5.41) is 3.51. The summed E-state index contributed by atoms with van der Waals surface area (Å²) < 4.78 is 0. The predicted molar refractivity (Wildman–Crippen MR) is 80.1 cm³/mol. The van der Waals surface area contributed by atoms with E-state index in [-0.39, 0.29) is 0 Å². The van der Waals surface area contributed by atoms with Crippen LogP contribution in [0.3, 0.4) is 0 Å². The van der Waals surface area contributed by atoms with Gasteiger partial charge in [-0.1, -0.05) is 19.3 Å². The SMILES string of the molecule is CN(CCCNCc1ccncc1)C1CCCCC1. The maximum atomic E-state index is 4.03. The van der Waals surface area contributed by atoms with Gasteiger partial charge in [-0.05, 0) is 57.1 Å². The van der Waals surface area contributed by atoms with Crippen molar-refractivity contribution in [2.45, 2.75) is 51.1 Å². The van der Waals surface area contributed by atoms with Gasteiger partial charge >= 0.3 is 0 Å². The molecule has 106 valence electrons. The Bertz CT molecular complexity index is 333. The van der Waals surface area contributed by atoms with Crippen molar-refractivity contribution in [2.24, 2.45) is 0 Å². The Morgan fingerprint density at radius 3 is 2.68 bits per heavy atom. The first-order valence-corrected chi connectivity index (χ1v) is 7.66. The molecular formula is C16H27N3. The smallest absolute Gasteiger partial charge is 0.0271 e. The van der Waals surface area contributed by atoms with Crippen LogP contribution in [-0.2, 0) is 6.54 Å². The summed E-state index contributed by atoms with van der Waals surface area (Å²) in [6, 6.07) is 4.98. The highest BCUT2D eigenvalue weighted by atomic mass is 15.1. The van der Waals surface area contributed by atoms with Crippen molar-refractivity contribution in [1.29, 1.82) is 0 Å². The van der Waals surface area contributed by atoms with E-state index in [2.05, 4.69) is 34.4 Å². The molecule has 3 heteroatoms. The molecule has 0 amide bonds. The molecule has 1 aromatic heterocycles. The lowest BCUT2D eigenvalue weighted by Crippen LogP contribution is -2.35. The Balaban J connectivity index is 1.54. The number of nitrogens with zero attached hydrogens (tertiary/aromatic N) is 2. The van der Waals surface area contributed by atoms with E-state index in [1.165, 1.54) is 50.6 Å². The molecule has 1 saturated carbocycles. The Labute approximate surface area is 117 Å². The van der Waals surface area contributed by atoms with Crippen LogP contribution in [0.25, 0.3) is 0 Å². The van der Waals surface area contributed by atoms with E-state index in [1.807, 2.05) is 12.4 Å². The highest BCUT2D eigenvalue weighted by molar-refractivity contribution is 5.08. The van der Waals surface area contributed by atoms with Crippen LogP contribution in [-0.4, -0.2) is 36.1 Å². The molecule has 1 aromatic rings. The van der Waals surface area contributed by atoms with Crippen LogP contribution in [0, 0.1) is 0 Å². The molecule has 0 atom stereocenters. The zero-order valence-electron chi connectivity index (χ0n) is 12.1. The third kappa shape index (κ3) is 5.29. The van der Waals surface area contributed by atoms with Crippen molar-refractivity contribution in [3.63, 3.8) is 0 Å². The number of pyridine rings is 1. The highest BCUT2D eigenvalue weighted by Crippen LogP contribution is 2.21. The molecule has 1 N–H and O–H groups in total. The van der Waals surface area contributed by atoms with Crippen LogP contribution in [0.1, 0.15) is 44.1 Å². The lowest BCUT2D eigenvalue weighted by Gasteiger charge is -2.31. The van der Waals surface area contributed by atoms with Gasteiger partial charge < -0.3 is 10.2 Å². The van der Waals surface area contributed by atoms with Gasteiger partial charge in [-0.3, -0.25) is 4.98 Å². The van der Waals surface area contributed by atoms with Gasteiger partial charge in [-0.15, -0.1) is 0 Å². The molecule has 0 bridgehead atoms. The third-order valence-corrected chi connectivity index (χ3v) is 4.14. The predicted octanol–water partition coefficient (Wildman–Crippen LogP) is 2.83. The van der Waals surface area contributed by atoms with Gasteiger partial charge in [0.25, 0.3) is 0 Å². The van der Waals surface area contributed by atoms with E-state index in [0.29, 0.717) is 0 Å². The normalized spacial score (nSPS) is 16.9. The second-order valence-corrected chi connectivity index (χ2v) is 5.66. The Hall–Kier alpha value is -0.930. The molecule has 0 unspecified atom stereocenters. The molecule has 0 aliphatic heterocycles. The van der Waals surface area contributed by atoms with Crippen molar-refractivity contribution in [3.05, 3.63) is 30.1 Å². The minimum absolute atomic E-state index is 0.842. The van der Waals surface area contributed by atoms with Gasteiger partial charge in [0.05, 0.1) is 0 Å². The maximum Gasteiger partial charge on any atom is 0.0271 e. The minimum Gasteiger partial charge on any atom is -0.313 e. The first-order valence-electron chi connectivity index (χ1n) is 7.66. The van der Waals surface area contributed by atoms with Gasteiger partial charge in [-0.25, -0.2) is 0 Å². The second kappa shape index (κ2) is 8.28. The Kier molecular flexibility index (Phi) is 6.31. The van der Waals surface area contributed by atoms with Gasteiger partial charge in [0.1, 0.15) is 0 Å². The van der Waals surface area contributed by atoms with Crippen molar-refractivity contribution in [3.8, 4) is 0 Å². The van der Waals surface area contributed by atoms with Crippen molar-refractivity contribution < 1.29 is 0 Å². The third-order valence-electron chi connectivity index (χ3n) is 4.14. The second-order valence-electron chi connectivity index (χ2n) is 5.66. The molecule has 1 fully saturated rings. The molecule has 1 aliphatic carbocycles. The topological polar surface area (TPSA) is 28.2 Å². The minimum atomic E-state index is 0.842. The monoisotopic (exact) mass is 261 g/mol. The highest BCUT2D eigenvalue weighted by Gasteiger charge is 2.16. The van der Waals surface area contributed by atoms with E-state index in [9.17, 15) is 0 Å². The lowest BCUT2D eigenvalue weighted by molar-refractivity contribution is 0.189. The molecule has 2 rings (SSSR count). The molecule has 0 spiro atoms. The average Bonchev–Trinajstić information content (AvgIpc) is 2.49. The van der Waals surface area contributed by atoms with Crippen molar-refractivity contribution in [2.75, 3.05) is 20.1 Å². The van der Waals surface area contributed by atoms with Crippen LogP contribution in [0.5, 0.6) is 0 Å². The zero-order chi connectivity index (χ0) is 13.3. The van der Waals surface area contributed by atoms with Crippen LogP contribution >= 0.6 is 0 Å². The van der Waals surface area contributed by atoms with Gasteiger partial charge in [0.2, 0.25) is 0 Å². The number of hydrogen-bond acceptors (Lipinski definition) is 3. The largest absolute Gasteiger partial charge is 0.313 e. The molecule has 0 aromatic carbocycles. The van der Waals surface area contributed by atoms with Crippen molar-refractivity contribution in [1.82, 2.24) is 15.2 Å². The Morgan fingerprint density at radius 1 is 1.21 bits per heavy atom. The number of hydrogen-bond donors (Lipinski definition) is 1. The molecule has 1 aliphatic rings. The van der Waals surface area contributed by atoms with Crippen LogP contribution in [0.2, 0.25) is 0 Å². The van der Waals surface area contributed by atoms with Crippen LogP contribution in [0.4, 0.5) is 0 Å². The van der Waals surface area contributed by atoms with Gasteiger partial charge in [0, 0.05) is 25.0 Å². The molecular weight excluding hydrogens is 234 g/mol. The van der Waals surface area contributed by atoms with E-state index >= 15 is 0 Å². The Morgan fingerprint density at radius 2 is 1.95 bits per heavy atom. The van der Waals surface area contributed by atoms with E-state index in [4.69, 9.17) is 0 Å². The number of nitrogens with one attached hydrogen (secondary N) is 1. The van der Waals surface area contributed by atoms with Gasteiger partial charge in [0.15, 0.2) is 0 Å². The van der Waals surface area contributed by atoms with E-state index in [1.54, 1.807) is 0 Å². The summed E-state index contributed by atoms with van der Waals surface area (Å²) in [4.78, 5) is 6.59. The molecule has 0 radical (unpaired) electrons. The summed E-state index contributed by atoms with van der Waals surface area (Å²) in [7, 11) is 2.29. The molecule has 1 heterocycles. The summed E-state index contributed by atoms with van der Waals surface area (Å²) in [5.41, 5.74) is 1.32. The summed E-state index contributed by atoms with van der Waals surface area (Å²) in [5.74, 6) is 0. The fourth-order valence-electron chi connectivity index (χ4n) is 2.89. The van der Waals surface area contributed by atoms with E-state index < -0.39 is 0 Å². The first-order chi connectivity index (χ1) is 9.36. The zero-order valence-corrected chi connectivity index (χ0v) is 12.1. The average molecular weight is 261 g/mol. The fourth-order valence-corrected chi connectivity index (χ4v) is 2.89. The van der Waals surface area contributed by atoms with Crippen LogP contribution < -0.4 is 5.32 Å². The molecule has 19 heavy (non-hydrogen) atoms. The summed E-state index contributed by atoms with van der Waals surface area (Å²) >= 11 is 0. The molecule has 3 nitrogen and oxygen atoms in total. The first kappa shape index (κ1) is 14.5. The standard InChI is InChI=1S/C16H27N3/c1-19(16-6-3-2-4-7-16)13-5-10-18-14-15-8-11-17-12-9-15/h8-9,11-12,16,18H,2-7,10,13-14H2,1H3. The van der Waals surface area contributed by atoms with Crippen molar-refractivity contribution >= 4 is 0 Å². The number of aromatic nitrogens is 1. The quantitative estimate of drug-likeness (QED) is 0.765. The molecule has 0 saturated heterocycles. The lowest BCUT2D eigenvalue weighted by atomic mass is 9.94. The van der Waals surface area contributed by atoms with Gasteiger partial charge in [-0.2, -0.15) is 0 Å².